The molecule has 5 heteroatoms. The summed E-state index contributed by atoms with van der Waals surface area (Å²) < 4.78 is 23.5. The number of rotatable bonds is 5. The molecule has 0 atom stereocenters. The van der Waals surface area contributed by atoms with Crippen molar-refractivity contribution in [2.45, 2.75) is 13.5 Å². The minimum atomic E-state index is -0.808. The van der Waals surface area contributed by atoms with Crippen LogP contribution in [0.25, 0.3) is 0 Å². The molecule has 0 unspecified atom stereocenters. The fourth-order valence-electron chi connectivity index (χ4n) is 1.82. The highest BCUT2D eigenvalue weighted by atomic mass is 19.1. The van der Waals surface area contributed by atoms with Gasteiger partial charge >= 0.3 is 11.9 Å². The maximum atomic E-state index is 13.6. The minimum Gasteiger partial charge on any atom is -0.462 e. The molecule has 0 aliphatic heterocycles. The van der Waals surface area contributed by atoms with E-state index in [-0.39, 0.29) is 24.3 Å². The lowest BCUT2D eigenvalue weighted by Crippen LogP contribution is -2.11. The Kier molecular flexibility index (Phi) is 5.25. The van der Waals surface area contributed by atoms with Crippen LogP contribution in [0.3, 0.4) is 0 Å². The molecule has 0 N–H and O–H groups in total. The second kappa shape index (κ2) is 7.36. The Labute approximate surface area is 127 Å². The van der Waals surface area contributed by atoms with Crippen LogP contribution >= 0.6 is 0 Å². The number of benzene rings is 2. The Balaban J connectivity index is 2.09. The lowest BCUT2D eigenvalue weighted by molar-refractivity contribution is 0.0472. The normalized spacial score (nSPS) is 10.1. The molecule has 0 amide bonds. The van der Waals surface area contributed by atoms with Crippen LogP contribution in [-0.2, 0) is 16.1 Å². The van der Waals surface area contributed by atoms with Crippen molar-refractivity contribution in [2.75, 3.05) is 6.61 Å². The first kappa shape index (κ1) is 15.7. The molecule has 0 aliphatic carbocycles. The topological polar surface area (TPSA) is 52.6 Å². The molecule has 0 radical (unpaired) electrons. The van der Waals surface area contributed by atoms with E-state index in [0.717, 1.165) is 17.7 Å². The Hall–Kier alpha value is -2.69. The number of halogens is 1. The molecule has 0 heterocycles. The van der Waals surface area contributed by atoms with E-state index in [1.54, 1.807) is 6.92 Å². The summed E-state index contributed by atoms with van der Waals surface area (Å²) in [6.45, 7) is 1.85. The molecule has 2 rings (SSSR count). The van der Waals surface area contributed by atoms with E-state index in [9.17, 15) is 14.0 Å². The number of esters is 2. The van der Waals surface area contributed by atoms with Crippen molar-refractivity contribution in [3.8, 4) is 0 Å². The van der Waals surface area contributed by atoms with Crippen molar-refractivity contribution in [1.29, 1.82) is 0 Å². The zero-order valence-electron chi connectivity index (χ0n) is 12.0. The van der Waals surface area contributed by atoms with Crippen LogP contribution in [-0.4, -0.2) is 18.5 Å². The van der Waals surface area contributed by atoms with Crippen molar-refractivity contribution < 1.29 is 23.5 Å². The van der Waals surface area contributed by atoms with E-state index in [1.807, 2.05) is 30.3 Å². The first-order valence-corrected chi connectivity index (χ1v) is 6.79. The monoisotopic (exact) mass is 302 g/mol. The van der Waals surface area contributed by atoms with Gasteiger partial charge in [-0.05, 0) is 30.7 Å². The van der Waals surface area contributed by atoms with Crippen LogP contribution in [0.5, 0.6) is 0 Å². The van der Waals surface area contributed by atoms with Gasteiger partial charge in [0.2, 0.25) is 0 Å². The predicted molar refractivity (Wildman–Crippen MR) is 77.9 cm³/mol. The van der Waals surface area contributed by atoms with Gasteiger partial charge in [0.25, 0.3) is 0 Å². The molecule has 22 heavy (non-hydrogen) atoms. The second-order valence-corrected chi connectivity index (χ2v) is 4.48. The maximum absolute atomic E-state index is 13.6. The van der Waals surface area contributed by atoms with Gasteiger partial charge in [-0.25, -0.2) is 14.0 Å². The molecular formula is C17H15FO4. The number of hydrogen-bond acceptors (Lipinski definition) is 4. The van der Waals surface area contributed by atoms with E-state index in [4.69, 9.17) is 9.47 Å². The van der Waals surface area contributed by atoms with Gasteiger partial charge in [-0.2, -0.15) is 0 Å². The van der Waals surface area contributed by atoms with Gasteiger partial charge in [0, 0.05) is 0 Å². The highest BCUT2D eigenvalue weighted by Gasteiger charge is 2.17. The van der Waals surface area contributed by atoms with Crippen LogP contribution in [0.2, 0.25) is 0 Å². The molecule has 0 spiro atoms. The molecule has 2 aromatic rings. The lowest BCUT2D eigenvalue weighted by Gasteiger charge is -2.07. The highest BCUT2D eigenvalue weighted by Crippen LogP contribution is 2.14. The standard InChI is InChI=1S/C17H15FO4/c1-2-21-17(20)14-10-13(8-9-15(14)18)16(19)22-11-12-6-4-3-5-7-12/h3-10H,2,11H2,1H3. The summed E-state index contributed by atoms with van der Waals surface area (Å²) in [7, 11) is 0. The molecule has 0 aromatic heterocycles. The van der Waals surface area contributed by atoms with Crippen LogP contribution in [0, 0.1) is 5.82 Å². The Morgan fingerprint density at radius 3 is 2.41 bits per heavy atom. The average Bonchev–Trinajstić information content (AvgIpc) is 2.54. The van der Waals surface area contributed by atoms with Crippen LogP contribution in [0.1, 0.15) is 33.2 Å². The molecule has 4 nitrogen and oxygen atoms in total. The molecule has 0 aliphatic rings. The maximum Gasteiger partial charge on any atom is 0.341 e. The summed E-state index contributed by atoms with van der Waals surface area (Å²) in [5.41, 5.74) is 0.653. The average molecular weight is 302 g/mol. The third kappa shape index (κ3) is 3.91. The van der Waals surface area contributed by atoms with Gasteiger partial charge in [0.15, 0.2) is 0 Å². The van der Waals surface area contributed by atoms with Crippen LogP contribution in [0.15, 0.2) is 48.5 Å². The third-order valence-electron chi connectivity index (χ3n) is 2.91. The minimum absolute atomic E-state index is 0.0976. The van der Waals surface area contributed by atoms with Crippen molar-refractivity contribution >= 4 is 11.9 Å². The Morgan fingerprint density at radius 2 is 1.73 bits per heavy atom. The largest absolute Gasteiger partial charge is 0.462 e. The predicted octanol–water partition coefficient (Wildman–Crippen LogP) is 3.36. The van der Waals surface area contributed by atoms with Gasteiger partial charge in [0.1, 0.15) is 12.4 Å². The van der Waals surface area contributed by atoms with E-state index in [1.165, 1.54) is 6.07 Å². The SMILES string of the molecule is CCOC(=O)c1cc(C(=O)OCc2ccccc2)ccc1F. The molecule has 0 fully saturated rings. The number of carbonyl (C=O) groups is 2. The van der Waals surface area contributed by atoms with Crippen LogP contribution in [0.4, 0.5) is 4.39 Å². The summed E-state index contributed by atoms with van der Waals surface area (Å²) in [5, 5.41) is 0. The first-order chi connectivity index (χ1) is 10.6. The lowest BCUT2D eigenvalue weighted by atomic mass is 10.1. The summed E-state index contributed by atoms with van der Waals surface area (Å²) >= 11 is 0. The Bertz CT molecular complexity index is 668. The van der Waals surface area contributed by atoms with Crippen LogP contribution < -0.4 is 0 Å². The van der Waals surface area contributed by atoms with Gasteiger partial charge < -0.3 is 9.47 Å². The van der Waals surface area contributed by atoms with E-state index in [2.05, 4.69) is 0 Å². The number of ether oxygens (including phenoxy) is 2. The second-order valence-electron chi connectivity index (χ2n) is 4.48. The van der Waals surface area contributed by atoms with Gasteiger partial charge in [-0.15, -0.1) is 0 Å². The van der Waals surface area contributed by atoms with Crippen molar-refractivity contribution in [3.05, 3.63) is 71.0 Å². The summed E-state index contributed by atoms with van der Waals surface area (Å²) in [6.07, 6.45) is 0. The van der Waals surface area contributed by atoms with Crippen molar-refractivity contribution in [3.63, 3.8) is 0 Å². The van der Waals surface area contributed by atoms with Gasteiger partial charge in [-0.1, -0.05) is 30.3 Å². The summed E-state index contributed by atoms with van der Waals surface area (Å²) in [4.78, 5) is 23.6. The van der Waals surface area contributed by atoms with Gasteiger partial charge in [0.05, 0.1) is 17.7 Å². The highest BCUT2D eigenvalue weighted by molar-refractivity contribution is 5.95. The first-order valence-electron chi connectivity index (χ1n) is 6.79. The molecule has 0 saturated carbocycles. The zero-order chi connectivity index (χ0) is 15.9. The van der Waals surface area contributed by atoms with Gasteiger partial charge in [-0.3, -0.25) is 0 Å². The smallest absolute Gasteiger partial charge is 0.341 e. The van der Waals surface area contributed by atoms with E-state index in [0.29, 0.717) is 0 Å². The summed E-state index contributed by atoms with van der Waals surface area (Å²) in [6, 6.07) is 12.6. The molecule has 0 bridgehead atoms. The molecular weight excluding hydrogens is 287 g/mol. The number of carbonyl (C=O) groups excluding carboxylic acids is 2. The quantitative estimate of drug-likeness (QED) is 0.795. The summed E-state index contributed by atoms with van der Waals surface area (Å²) in [5.74, 6) is -2.18. The fraction of sp³-hybridized carbons (Fsp3) is 0.176. The fourth-order valence-corrected chi connectivity index (χ4v) is 1.82. The molecule has 114 valence electrons. The molecule has 2 aromatic carbocycles. The Morgan fingerprint density at radius 1 is 1.00 bits per heavy atom. The van der Waals surface area contributed by atoms with E-state index < -0.39 is 17.8 Å². The van der Waals surface area contributed by atoms with Crippen molar-refractivity contribution in [2.24, 2.45) is 0 Å². The van der Waals surface area contributed by atoms with Crippen molar-refractivity contribution in [1.82, 2.24) is 0 Å². The zero-order valence-corrected chi connectivity index (χ0v) is 12.0. The third-order valence-corrected chi connectivity index (χ3v) is 2.91. The number of hydrogen-bond donors (Lipinski definition) is 0. The van der Waals surface area contributed by atoms with E-state index >= 15 is 0 Å². The molecule has 0 saturated heterocycles.